The van der Waals surface area contributed by atoms with Crippen LogP contribution in [0.3, 0.4) is 0 Å². The fourth-order valence-corrected chi connectivity index (χ4v) is 4.01. The normalized spacial score (nSPS) is 13.2. The van der Waals surface area contributed by atoms with Crippen LogP contribution in [0.5, 0.6) is 5.75 Å². The Kier molecular flexibility index (Phi) is 7.74. The summed E-state index contributed by atoms with van der Waals surface area (Å²) >= 11 is 0. The van der Waals surface area contributed by atoms with Gasteiger partial charge in [0.2, 0.25) is 0 Å². The molecule has 0 saturated heterocycles. The molecule has 4 aromatic rings. The lowest BCUT2D eigenvalue weighted by Gasteiger charge is -2.16. The van der Waals surface area contributed by atoms with Crippen molar-refractivity contribution in [3.8, 4) is 17.0 Å². The van der Waals surface area contributed by atoms with Gasteiger partial charge < -0.3 is 25.8 Å². The molecule has 0 fully saturated rings. The second kappa shape index (κ2) is 11.9. The quantitative estimate of drug-likeness (QED) is 0.252. The first-order valence-corrected chi connectivity index (χ1v) is 12.4. The summed E-state index contributed by atoms with van der Waals surface area (Å²) in [6, 6.07) is 26.1. The van der Waals surface area contributed by atoms with Crippen molar-refractivity contribution in [2.75, 3.05) is 23.7 Å². The number of hydrogen-bond donors (Lipinski definition) is 4. The van der Waals surface area contributed by atoms with Gasteiger partial charge in [0.25, 0.3) is 0 Å². The number of benzene rings is 3. The molecule has 1 atom stereocenters. The Balaban J connectivity index is 1.21. The van der Waals surface area contributed by atoms with Gasteiger partial charge in [0.05, 0.1) is 12.2 Å². The van der Waals surface area contributed by atoms with E-state index < -0.39 is 12.0 Å². The molecule has 0 spiro atoms. The molecule has 2 heterocycles. The SMILES string of the molecule is O=C(O)C(Cc1ccc(NC2=NCCN2)cc1)Nc1cc(-c2ccc(OCc3ccccc3)cc2)ncn1. The number of anilines is 2. The number of ether oxygens (including phenoxy) is 1. The van der Waals surface area contributed by atoms with E-state index in [9.17, 15) is 9.90 Å². The molecule has 1 aliphatic rings. The molecule has 1 aromatic heterocycles. The van der Waals surface area contributed by atoms with Gasteiger partial charge in [-0.15, -0.1) is 0 Å². The molecular formula is C29H28N6O3. The summed E-state index contributed by atoms with van der Waals surface area (Å²) in [6.07, 6.45) is 1.72. The summed E-state index contributed by atoms with van der Waals surface area (Å²) in [7, 11) is 0. The number of aliphatic carboxylic acids is 1. The minimum atomic E-state index is -0.961. The van der Waals surface area contributed by atoms with Gasteiger partial charge in [0, 0.05) is 30.3 Å². The van der Waals surface area contributed by atoms with Crippen molar-refractivity contribution in [2.24, 2.45) is 4.99 Å². The number of aliphatic imine (C=N–C) groups is 1. The zero-order chi connectivity index (χ0) is 26.2. The number of nitrogens with zero attached hydrogens (tertiary/aromatic N) is 3. The fourth-order valence-electron chi connectivity index (χ4n) is 4.01. The summed E-state index contributed by atoms with van der Waals surface area (Å²) < 4.78 is 5.86. The molecule has 0 radical (unpaired) electrons. The highest BCUT2D eigenvalue weighted by atomic mass is 16.5. The average molecular weight is 509 g/mol. The minimum Gasteiger partial charge on any atom is -0.489 e. The first-order chi connectivity index (χ1) is 18.6. The predicted molar refractivity (Wildman–Crippen MR) is 147 cm³/mol. The van der Waals surface area contributed by atoms with E-state index >= 15 is 0 Å². The molecule has 1 unspecified atom stereocenters. The summed E-state index contributed by atoms with van der Waals surface area (Å²) in [5, 5.41) is 19.2. The molecule has 38 heavy (non-hydrogen) atoms. The van der Waals surface area contributed by atoms with E-state index in [0.29, 0.717) is 24.5 Å². The first-order valence-electron chi connectivity index (χ1n) is 12.4. The van der Waals surface area contributed by atoms with E-state index in [0.717, 1.165) is 47.2 Å². The van der Waals surface area contributed by atoms with Gasteiger partial charge in [-0.05, 0) is 47.5 Å². The Hall–Kier alpha value is -4.92. The lowest BCUT2D eigenvalue weighted by Crippen LogP contribution is -2.32. The van der Waals surface area contributed by atoms with E-state index in [4.69, 9.17) is 4.74 Å². The van der Waals surface area contributed by atoms with Gasteiger partial charge in [-0.25, -0.2) is 14.8 Å². The van der Waals surface area contributed by atoms with Gasteiger partial charge in [0.1, 0.15) is 30.5 Å². The Morgan fingerprint density at radius 2 is 1.76 bits per heavy atom. The van der Waals surface area contributed by atoms with Gasteiger partial charge in [0.15, 0.2) is 5.96 Å². The van der Waals surface area contributed by atoms with Gasteiger partial charge >= 0.3 is 5.97 Å². The van der Waals surface area contributed by atoms with Crippen LogP contribution in [0.15, 0.2) is 96.2 Å². The first kappa shape index (κ1) is 24.8. The monoisotopic (exact) mass is 508 g/mol. The molecule has 9 nitrogen and oxygen atoms in total. The van der Waals surface area contributed by atoms with Gasteiger partial charge in [-0.3, -0.25) is 4.99 Å². The van der Waals surface area contributed by atoms with Crippen LogP contribution < -0.4 is 20.7 Å². The third-order valence-corrected chi connectivity index (χ3v) is 6.02. The number of aromatic nitrogens is 2. The van der Waals surface area contributed by atoms with Crippen LogP contribution in [0.2, 0.25) is 0 Å². The highest BCUT2D eigenvalue weighted by Crippen LogP contribution is 2.23. The summed E-state index contributed by atoms with van der Waals surface area (Å²) in [4.78, 5) is 24.9. The number of hydrogen-bond acceptors (Lipinski definition) is 8. The molecule has 5 rings (SSSR count). The van der Waals surface area contributed by atoms with E-state index in [1.807, 2.05) is 78.9 Å². The molecule has 0 bridgehead atoms. The van der Waals surface area contributed by atoms with Crippen LogP contribution in [0, 0.1) is 0 Å². The zero-order valence-corrected chi connectivity index (χ0v) is 20.7. The Labute approximate surface area is 220 Å². The number of carboxylic acids is 1. The highest BCUT2D eigenvalue weighted by Gasteiger charge is 2.19. The number of rotatable bonds is 10. The molecule has 4 N–H and O–H groups in total. The van der Waals surface area contributed by atoms with Crippen molar-refractivity contribution >= 4 is 23.4 Å². The second-order valence-electron chi connectivity index (χ2n) is 8.81. The number of carbonyl (C=O) groups is 1. The molecule has 9 heteroatoms. The van der Waals surface area contributed by atoms with Crippen molar-refractivity contribution in [3.05, 3.63) is 102 Å². The topological polar surface area (TPSA) is 121 Å². The smallest absolute Gasteiger partial charge is 0.326 e. The maximum absolute atomic E-state index is 12.0. The van der Waals surface area contributed by atoms with Gasteiger partial charge in [-0.2, -0.15) is 0 Å². The molecule has 1 aliphatic heterocycles. The van der Waals surface area contributed by atoms with Crippen molar-refractivity contribution in [2.45, 2.75) is 19.1 Å². The third-order valence-electron chi connectivity index (χ3n) is 6.02. The molecule has 0 saturated carbocycles. The highest BCUT2D eigenvalue weighted by molar-refractivity contribution is 5.94. The van der Waals surface area contributed by atoms with Crippen LogP contribution in [-0.4, -0.2) is 46.1 Å². The standard InChI is InChI=1S/C29H28N6O3/c36-28(37)26(16-20-6-10-23(11-7-20)34-29-30-14-15-31-29)35-27-17-25(32-19-33-27)22-8-12-24(13-9-22)38-18-21-4-2-1-3-5-21/h1-13,17,19,26H,14-16,18H2,(H,36,37)(H2,30,31,34)(H,32,33,35). The molecule has 0 aliphatic carbocycles. The molecular weight excluding hydrogens is 480 g/mol. The van der Waals surface area contributed by atoms with E-state index in [2.05, 4.69) is 30.9 Å². The lowest BCUT2D eigenvalue weighted by atomic mass is 10.1. The number of carboxylic acid groups (broad SMARTS) is 1. The maximum atomic E-state index is 12.0. The summed E-state index contributed by atoms with van der Waals surface area (Å²) in [5.41, 5.74) is 4.43. The van der Waals surface area contributed by atoms with Crippen LogP contribution in [0.4, 0.5) is 11.5 Å². The number of guanidine groups is 1. The zero-order valence-electron chi connectivity index (χ0n) is 20.7. The van der Waals surface area contributed by atoms with Crippen LogP contribution >= 0.6 is 0 Å². The maximum Gasteiger partial charge on any atom is 0.326 e. The van der Waals surface area contributed by atoms with Gasteiger partial charge in [-0.1, -0.05) is 42.5 Å². The van der Waals surface area contributed by atoms with Crippen LogP contribution in [-0.2, 0) is 17.8 Å². The second-order valence-corrected chi connectivity index (χ2v) is 8.81. The lowest BCUT2D eigenvalue weighted by molar-refractivity contribution is -0.137. The summed E-state index contributed by atoms with van der Waals surface area (Å²) in [6.45, 7) is 2.07. The van der Waals surface area contributed by atoms with Crippen LogP contribution in [0.1, 0.15) is 11.1 Å². The fraction of sp³-hybridized carbons (Fsp3) is 0.172. The molecule has 3 aromatic carbocycles. The largest absolute Gasteiger partial charge is 0.489 e. The molecule has 0 amide bonds. The minimum absolute atomic E-state index is 0.293. The number of nitrogens with one attached hydrogen (secondary N) is 3. The Bertz CT molecular complexity index is 1390. The van der Waals surface area contributed by atoms with E-state index in [-0.39, 0.29) is 0 Å². The van der Waals surface area contributed by atoms with E-state index in [1.54, 1.807) is 6.07 Å². The van der Waals surface area contributed by atoms with Crippen molar-refractivity contribution in [1.82, 2.24) is 15.3 Å². The van der Waals surface area contributed by atoms with Crippen LogP contribution in [0.25, 0.3) is 11.3 Å². The third kappa shape index (κ3) is 6.64. The van der Waals surface area contributed by atoms with Crippen molar-refractivity contribution in [3.63, 3.8) is 0 Å². The Morgan fingerprint density at radius 1 is 0.974 bits per heavy atom. The predicted octanol–water partition coefficient (Wildman–Crippen LogP) is 4.20. The Morgan fingerprint density at radius 3 is 2.47 bits per heavy atom. The van der Waals surface area contributed by atoms with Crippen molar-refractivity contribution < 1.29 is 14.6 Å². The average Bonchev–Trinajstić information content (AvgIpc) is 3.47. The van der Waals surface area contributed by atoms with E-state index in [1.165, 1.54) is 6.33 Å². The summed E-state index contributed by atoms with van der Waals surface area (Å²) in [5.74, 6) is 0.980. The molecule has 192 valence electrons. The van der Waals surface area contributed by atoms with Crippen molar-refractivity contribution in [1.29, 1.82) is 0 Å².